The van der Waals surface area contributed by atoms with Gasteiger partial charge in [-0.25, -0.2) is 0 Å². The number of ether oxygens (including phenoxy) is 4. The maximum atomic E-state index is 12.2. The lowest BCUT2D eigenvalue weighted by molar-refractivity contribution is -0.150. The SMILES string of the molecule is COc1cc2c(Oc3ccc4cccnc4c3)ccnc2cc1OCCC(N)C(=O)OC1CCCC1. The van der Waals surface area contributed by atoms with E-state index in [1.165, 1.54) is 0 Å². The van der Waals surface area contributed by atoms with Crippen molar-refractivity contribution < 1.29 is 23.7 Å². The van der Waals surface area contributed by atoms with Gasteiger partial charge in [-0.15, -0.1) is 0 Å². The molecule has 2 N–H and O–H groups in total. The molecule has 1 saturated carbocycles. The van der Waals surface area contributed by atoms with Gasteiger partial charge >= 0.3 is 5.97 Å². The highest BCUT2D eigenvalue weighted by atomic mass is 16.5. The number of esters is 1. The second-order valence-electron chi connectivity index (χ2n) is 8.88. The summed E-state index contributed by atoms with van der Waals surface area (Å²) in [5, 5.41) is 1.82. The van der Waals surface area contributed by atoms with Crippen LogP contribution in [0.3, 0.4) is 0 Å². The summed E-state index contributed by atoms with van der Waals surface area (Å²) >= 11 is 0. The molecule has 0 spiro atoms. The molecule has 1 aliphatic rings. The fourth-order valence-electron chi connectivity index (χ4n) is 4.40. The minimum atomic E-state index is -0.730. The Morgan fingerprint density at radius 2 is 1.83 bits per heavy atom. The first-order valence-electron chi connectivity index (χ1n) is 12.2. The smallest absolute Gasteiger partial charge is 0.323 e. The standard InChI is InChI=1S/C28H29N3O5/c1-33-26-16-21-24(17-27(26)34-14-11-22(29)28(32)36-19-6-2-3-7-19)31-13-10-25(21)35-20-9-8-18-5-4-12-30-23(18)15-20/h4-5,8-10,12-13,15-17,19,22H,2-3,6-7,11,14,29H2,1H3. The van der Waals surface area contributed by atoms with E-state index in [0.717, 1.165) is 42.0 Å². The molecule has 0 amide bonds. The number of nitrogens with zero attached hydrogens (tertiary/aromatic N) is 2. The van der Waals surface area contributed by atoms with E-state index in [4.69, 9.17) is 24.7 Å². The van der Waals surface area contributed by atoms with Crippen LogP contribution in [0.5, 0.6) is 23.0 Å². The number of pyridine rings is 2. The van der Waals surface area contributed by atoms with Crippen molar-refractivity contribution in [2.24, 2.45) is 5.73 Å². The molecule has 186 valence electrons. The van der Waals surface area contributed by atoms with E-state index in [2.05, 4.69) is 9.97 Å². The van der Waals surface area contributed by atoms with Crippen LogP contribution in [-0.2, 0) is 9.53 Å². The molecule has 4 aromatic rings. The molecule has 1 aliphatic carbocycles. The number of nitrogens with two attached hydrogens (primary N) is 1. The molecule has 36 heavy (non-hydrogen) atoms. The van der Waals surface area contributed by atoms with Crippen LogP contribution in [-0.4, -0.2) is 41.8 Å². The number of benzene rings is 2. The first-order chi connectivity index (χ1) is 17.6. The van der Waals surface area contributed by atoms with Gasteiger partial charge in [0.15, 0.2) is 11.5 Å². The van der Waals surface area contributed by atoms with Crippen LogP contribution in [0.2, 0.25) is 0 Å². The quantitative estimate of drug-likeness (QED) is 0.323. The molecule has 2 aromatic heterocycles. The Morgan fingerprint density at radius 3 is 2.67 bits per heavy atom. The predicted octanol–water partition coefficient (Wildman–Crippen LogP) is 5.17. The Morgan fingerprint density at radius 1 is 1.00 bits per heavy atom. The molecule has 0 radical (unpaired) electrons. The summed E-state index contributed by atoms with van der Waals surface area (Å²) in [5.74, 6) is 1.98. The van der Waals surface area contributed by atoms with E-state index >= 15 is 0 Å². The summed E-state index contributed by atoms with van der Waals surface area (Å²) < 4.78 is 23.2. The molecule has 5 rings (SSSR count). The van der Waals surface area contributed by atoms with E-state index in [0.29, 0.717) is 34.9 Å². The minimum Gasteiger partial charge on any atom is -0.493 e. The molecule has 0 aliphatic heterocycles. The molecule has 2 heterocycles. The zero-order valence-electron chi connectivity index (χ0n) is 20.2. The normalized spacial score (nSPS) is 14.6. The van der Waals surface area contributed by atoms with Gasteiger partial charge in [-0.2, -0.15) is 0 Å². The Balaban J connectivity index is 1.29. The second-order valence-corrected chi connectivity index (χ2v) is 8.88. The summed E-state index contributed by atoms with van der Waals surface area (Å²) in [5.41, 5.74) is 7.57. The average molecular weight is 488 g/mol. The Labute approximate surface area is 209 Å². The number of rotatable bonds is 9. The fourth-order valence-corrected chi connectivity index (χ4v) is 4.40. The maximum Gasteiger partial charge on any atom is 0.323 e. The van der Waals surface area contributed by atoms with Gasteiger partial charge in [-0.05, 0) is 56.0 Å². The average Bonchev–Trinajstić information content (AvgIpc) is 3.41. The van der Waals surface area contributed by atoms with Gasteiger partial charge in [0.25, 0.3) is 0 Å². The van der Waals surface area contributed by atoms with Gasteiger partial charge in [-0.3, -0.25) is 14.8 Å². The highest BCUT2D eigenvalue weighted by molar-refractivity contribution is 5.88. The third kappa shape index (κ3) is 5.33. The van der Waals surface area contributed by atoms with Crippen LogP contribution in [0.1, 0.15) is 32.1 Å². The van der Waals surface area contributed by atoms with Crippen molar-refractivity contribution in [2.45, 2.75) is 44.2 Å². The number of hydrogen-bond acceptors (Lipinski definition) is 8. The van der Waals surface area contributed by atoms with E-state index in [1.54, 1.807) is 31.6 Å². The van der Waals surface area contributed by atoms with E-state index in [1.807, 2.05) is 36.4 Å². The van der Waals surface area contributed by atoms with Gasteiger partial charge in [0.05, 0.1) is 24.8 Å². The highest BCUT2D eigenvalue weighted by Gasteiger charge is 2.23. The third-order valence-electron chi connectivity index (χ3n) is 6.37. The van der Waals surface area contributed by atoms with Crippen molar-refractivity contribution in [3.63, 3.8) is 0 Å². The minimum absolute atomic E-state index is 0.00147. The lowest BCUT2D eigenvalue weighted by Gasteiger charge is -2.17. The van der Waals surface area contributed by atoms with Gasteiger partial charge in [0.2, 0.25) is 0 Å². The molecule has 8 heteroatoms. The van der Waals surface area contributed by atoms with Gasteiger partial charge in [0, 0.05) is 41.7 Å². The van der Waals surface area contributed by atoms with Crippen LogP contribution >= 0.6 is 0 Å². The molecule has 1 fully saturated rings. The number of fused-ring (bicyclic) bond motifs is 2. The van der Waals surface area contributed by atoms with Crippen LogP contribution in [0.25, 0.3) is 21.8 Å². The molecule has 1 unspecified atom stereocenters. The van der Waals surface area contributed by atoms with Gasteiger partial charge in [-0.1, -0.05) is 6.07 Å². The molecule has 8 nitrogen and oxygen atoms in total. The number of hydrogen-bond donors (Lipinski definition) is 1. The largest absolute Gasteiger partial charge is 0.493 e. The number of carbonyl (C=O) groups excluding carboxylic acids is 1. The molecule has 1 atom stereocenters. The number of methoxy groups -OCH3 is 1. The zero-order chi connectivity index (χ0) is 24.9. The fraction of sp³-hybridized carbons (Fsp3) is 0.321. The van der Waals surface area contributed by atoms with Crippen molar-refractivity contribution in [1.29, 1.82) is 0 Å². The van der Waals surface area contributed by atoms with E-state index in [9.17, 15) is 4.79 Å². The lowest BCUT2D eigenvalue weighted by atomic mass is 10.1. The van der Waals surface area contributed by atoms with Crippen LogP contribution in [0, 0.1) is 0 Å². The van der Waals surface area contributed by atoms with Crippen molar-refractivity contribution in [3.05, 3.63) is 60.9 Å². The summed E-state index contributed by atoms with van der Waals surface area (Å²) in [6.07, 6.45) is 7.79. The topological polar surface area (TPSA) is 106 Å². The van der Waals surface area contributed by atoms with Crippen LogP contribution < -0.4 is 19.9 Å². The zero-order valence-corrected chi connectivity index (χ0v) is 20.2. The molecular weight excluding hydrogens is 458 g/mol. The molecule has 0 bridgehead atoms. The van der Waals surface area contributed by atoms with Crippen molar-refractivity contribution in [1.82, 2.24) is 9.97 Å². The predicted molar refractivity (Wildman–Crippen MR) is 137 cm³/mol. The third-order valence-corrected chi connectivity index (χ3v) is 6.37. The first kappa shape index (κ1) is 23.8. The van der Waals surface area contributed by atoms with E-state index < -0.39 is 6.04 Å². The monoisotopic (exact) mass is 487 g/mol. The van der Waals surface area contributed by atoms with Crippen molar-refractivity contribution >= 4 is 27.8 Å². The van der Waals surface area contributed by atoms with Crippen molar-refractivity contribution in [2.75, 3.05) is 13.7 Å². The summed E-state index contributed by atoms with van der Waals surface area (Å²) in [7, 11) is 1.57. The molecule has 2 aromatic carbocycles. The summed E-state index contributed by atoms with van der Waals surface area (Å²) in [6.45, 7) is 0.239. The Kier molecular flexibility index (Phi) is 7.13. The summed E-state index contributed by atoms with van der Waals surface area (Å²) in [4.78, 5) is 21.1. The van der Waals surface area contributed by atoms with Crippen LogP contribution in [0.15, 0.2) is 60.9 Å². The van der Waals surface area contributed by atoms with Gasteiger partial charge in [0.1, 0.15) is 23.6 Å². The Hall–Kier alpha value is -3.91. The summed E-state index contributed by atoms with van der Waals surface area (Å²) in [6, 6.07) is 14.4. The first-order valence-corrected chi connectivity index (χ1v) is 12.2. The molecular formula is C28H29N3O5. The number of carbonyl (C=O) groups is 1. The van der Waals surface area contributed by atoms with Gasteiger partial charge < -0.3 is 24.7 Å². The maximum absolute atomic E-state index is 12.2. The Bertz CT molecular complexity index is 1370. The second kappa shape index (κ2) is 10.8. The number of aromatic nitrogens is 2. The lowest BCUT2D eigenvalue weighted by Crippen LogP contribution is -2.35. The van der Waals surface area contributed by atoms with E-state index in [-0.39, 0.29) is 18.7 Å². The van der Waals surface area contributed by atoms with Crippen molar-refractivity contribution in [3.8, 4) is 23.0 Å². The highest BCUT2D eigenvalue weighted by Crippen LogP contribution is 2.37. The molecule has 0 saturated heterocycles. The van der Waals surface area contributed by atoms with Crippen LogP contribution in [0.4, 0.5) is 0 Å².